The Morgan fingerprint density at radius 3 is 2.56 bits per heavy atom. The number of benzene rings is 1. The minimum absolute atomic E-state index is 0.202. The molecule has 16 heavy (non-hydrogen) atoms. The normalized spacial score (nSPS) is 23.6. The second-order valence-electron chi connectivity index (χ2n) is 3.92. The van der Waals surface area contributed by atoms with Gasteiger partial charge in [0, 0.05) is 6.54 Å². The SMILES string of the molecule is Cc1ccc(N2CC(CN)NS2(=O)=O)cc1. The second kappa shape index (κ2) is 4.04. The molecule has 3 N–H and O–H groups in total. The number of hydrogen-bond acceptors (Lipinski definition) is 3. The lowest BCUT2D eigenvalue weighted by Crippen LogP contribution is -2.33. The molecule has 0 amide bonds. The standard InChI is InChI=1S/C10H15N3O2S/c1-8-2-4-10(5-3-8)13-7-9(6-11)12-16(13,14)15/h2-5,9,12H,6-7,11H2,1H3. The van der Waals surface area contributed by atoms with E-state index in [4.69, 9.17) is 5.73 Å². The van der Waals surface area contributed by atoms with Crippen molar-refractivity contribution in [1.29, 1.82) is 0 Å². The van der Waals surface area contributed by atoms with Crippen LogP contribution in [0.1, 0.15) is 5.56 Å². The van der Waals surface area contributed by atoms with Gasteiger partial charge in [0.05, 0.1) is 18.3 Å². The van der Waals surface area contributed by atoms with Crippen molar-refractivity contribution in [3.63, 3.8) is 0 Å². The summed E-state index contributed by atoms with van der Waals surface area (Å²) in [7, 11) is -3.41. The number of nitrogens with one attached hydrogen (secondary N) is 1. The molecule has 1 fully saturated rings. The first-order chi connectivity index (χ1) is 7.53. The molecule has 1 aliphatic heterocycles. The van der Waals surface area contributed by atoms with Crippen molar-refractivity contribution in [3.05, 3.63) is 29.8 Å². The summed E-state index contributed by atoms with van der Waals surface area (Å²) in [5, 5.41) is 0. The highest BCUT2D eigenvalue weighted by Crippen LogP contribution is 2.21. The first-order valence-corrected chi connectivity index (χ1v) is 6.53. The summed E-state index contributed by atoms with van der Waals surface area (Å²) in [6, 6.07) is 7.17. The van der Waals surface area contributed by atoms with Crippen molar-refractivity contribution in [1.82, 2.24) is 4.72 Å². The van der Waals surface area contributed by atoms with Crippen LogP contribution in [0.5, 0.6) is 0 Å². The molecular formula is C10H15N3O2S. The Labute approximate surface area is 95.4 Å². The number of hydrogen-bond donors (Lipinski definition) is 2. The van der Waals surface area contributed by atoms with Gasteiger partial charge in [0.1, 0.15) is 0 Å². The van der Waals surface area contributed by atoms with E-state index in [2.05, 4.69) is 4.72 Å². The fourth-order valence-corrected chi connectivity index (χ4v) is 3.18. The lowest BCUT2D eigenvalue weighted by molar-refractivity contribution is 0.583. The molecule has 1 atom stereocenters. The van der Waals surface area contributed by atoms with Gasteiger partial charge in [0.2, 0.25) is 0 Å². The van der Waals surface area contributed by atoms with Crippen LogP contribution in [0.25, 0.3) is 0 Å². The summed E-state index contributed by atoms with van der Waals surface area (Å²) >= 11 is 0. The van der Waals surface area contributed by atoms with Crippen LogP contribution in [-0.2, 0) is 10.2 Å². The molecule has 0 radical (unpaired) electrons. The molecule has 1 saturated heterocycles. The van der Waals surface area contributed by atoms with Crippen LogP contribution in [0, 0.1) is 6.92 Å². The summed E-state index contributed by atoms with van der Waals surface area (Å²) < 4.78 is 27.4. The molecular weight excluding hydrogens is 226 g/mol. The van der Waals surface area contributed by atoms with Crippen molar-refractivity contribution < 1.29 is 8.42 Å². The minimum Gasteiger partial charge on any atom is -0.329 e. The second-order valence-corrected chi connectivity index (χ2v) is 5.55. The van der Waals surface area contributed by atoms with Gasteiger partial charge in [0.15, 0.2) is 0 Å². The molecule has 1 aromatic rings. The summed E-state index contributed by atoms with van der Waals surface area (Å²) in [4.78, 5) is 0. The van der Waals surface area contributed by atoms with Gasteiger partial charge in [-0.1, -0.05) is 17.7 Å². The molecule has 6 heteroatoms. The molecule has 2 rings (SSSR count). The number of anilines is 1. The highest BCUT2D eigenvalue weighted by Gasteiger charge is 2.34. The van der Waals surface area contributed by atoms with E-state index in [1.165, 1.54) is 4.31 Å². The number of rotatable bonds is 2. The van der Waals surface area contributed by atoms with E-state index in [0.717, 1.165) is 5.56 Å². The van der Waals surface area contributed by atoms with Crippen molar-refractivity contribution in [3.8, 4) is 0 Å². The predicted molar refractivity (Wildman–Crippen MR) is 63.4 cm³/mol. The zero-order chi connectivity index (χ0) is 11.8. The van der Waals surface area contributed by atoms with Crippen LogP contribution in [0.4, 0.5) is 5.69 Å². The summed E-state index contributed by atoms with van der Waals surface area (Å²) in [5.41, 5.74) is 7.24. The maximum atomic E-state index is 11.8. The van der Waals surface area contributed by atoms with Gasteiger partial charge in [0.25, 0.3) is 0 Å². The molecule has 0 bridgehead atoms. The van der Waals surface area contributed by atoms with E-state index in [1.54, 1.807) is 12.1 Å². The smallest absolute Gasteiger partial charge is 0.301 e. The Morgan fingerprint density at radius 2 is 2.06 bits per heavy atom. The molecule has 1 aliphatic rings. The molecule has 1 heterocycles. The van der Waals surface area contributed by atoms with Gasteiger partial charge in [-0.3, -0.25) is 4.31 Å². The van der Waals surface area contributed by atoms with Gasteiger partial charge in [-0.05, 0) is 19.1 Å². The van der Waals surface area contributed by atoms with Gasteiger partial charge >= 0.3 is 10.2 Å². The van der Waals surface area contributed by atoms with Crippen LogP contribution in [-0.4, -0.2) is 27.5 Å². The maximum absolute atomic E-state index is 11.8. The third kappa shape index (κ3) is 2.04. The maximum Gasteiger partial charge on any atom is 0.301 e. The van der Waals surface area contributed by atoms with Gasteiger partial charge in [-0.25, -0.2) is 0 Å². The van der Waals surface area contributed by atoms with Crippen molar-refractivity contribution in [2.24, 2.45) is 5.73 Å². The molecule has 1 unspecified atom stereocenters. The average molecular weight is 241 g/mol. The largest absolute Gasteiger partial charge is 0.329 e. The van der Waals surface area contributed by atoms with E-state index in [-0.39, 0.29) is 6.04 Å². The number of nitrogens with zero attached hydrogens (tertiary/aromatic N) is 1. The van der Waals surface area contributed by atoms with Crippen molar-refractivity contribution >= 4 is 15.9 Å². The lowest BCUT2D eigenvalue weighted by Gasteiger charge is -2.15. The average Bonchev–Trinajstić information content (AvgIpc) is 2.55. The zero-order valence-corrected chi connectivity index (χ0v) is 9.87. The highest BCUT2D eigenvalue weighted by molar-refractivity contribution is 7.91. The molecule has 0 saturated carbocycles. The Hall–Kier alpha value is -1.11. The Bertz CT molecular complexity index is 469. The van der Waals surface area contributed by atoms with E-state index >= 15 is 0 Å². The van der Waals surface area contributed by atoms with E-state index in [9.17, 15) is 8.42 Å². The molecule has 1 aromatic carbocycles. The van der Waals surface area contributed by atoms with Crippen LogP contribution < -0.4 is 14.8 Å². The first kappa shape index (κ1) is 11.4. The zero-order valence-electron chi connectivity index (χ0n) is 9.05. The quantitative estimate of drug-likeness (QED) is 0.764. The third-order valence-electron chi connectivity index (χ3n) is 2.60. The van der Waals surface area contributed by atoms with E-state index in [0.29, 0.717) is 18.8 Å². The van der Waals surface area contributed by atoms with Crippen molar-refractivity contribution in [2.75, 3.05) is 17.4 Å². The summed E-state index contributed by atoms with van der Waals surface area (Å²) in [6.45, 7) is 2.66. The fraction of sp³-hybridized carbons (Fsp3) is 0.400. The molecule has 0 aromatic heterocycles. The third-order valence-corrected chi connectivity index (χ3v) is 4.17. The van der Waals surface area contributed by atoms with Crippen molar-refractivity contribution in [2.45, 2.75) is 13.0 Å². The monoisotopic (exact) mass is 241 g/mol. The summed E-state index contributed by atoms with van der Waals surface area (Å²) in [5.74, 6) is 0. The lowest BCUT2D eigenvalue weighted by atomic mass is 10.2. The summed E-state index contributed by atoms with van der Waals surface area (Å²) in [6.07, 6.45) is 0. The van der Waals surface area contributed by atoms with Gasteiger partial charge < -0.3 is 5.73 Å². The molecule has 0 spiro atoms. The van der Waals surface area contributed by atoms with Gasteiger partial charge in [-0.15, -0.1) is 0 Å². The molecule has 5 nitrogen and oxygen atoms in total. The highest BCUT2D eigenvalue weighted by atomic mass is 32.2. The Kier molecular flexibility index (Phi) is 2.88. The Balaban J connectivity index is 2.31. The van der Waals surface area contributed by atoms with Crippen LogP contribution in [0.2, 0.25) is 0 Å². The van der Waals surface area contributed by atoms with E-state index < -0.39 is 10.2 Å². The number of aryl methyl sites for hydroxylation is 1. The van der Waals surface area contributed by atoms with E-state index in [1.807, 2.05) is 19.1 Å². The molecule has 0 aliphatic carbocycles. The minimum atomic E-state index is -3.41. The van der Waals surface area contributed by atoms with Gasteiger partial charge in [-0.2, -0.15) is 13.1 Å². The Morgan fingerprint density at radius 1 is 1.44 bits per heavy atom. The number of nitrogens with two attached hydrogens (primary N) is 1. The topological polar surface area (TPSA) is 75.4 Å². The fourth-order valence-electron chi connectivity index (χ4n) is 1.69. The first-order valence-electron chi connectivity index (χ1n) is 5.09. The van der Waals surface area contributed by atoms with Crippen LogP contribution >= 0.6 is 0 Å². The van der Waals surface area contributed by atoms with Crippen LogP contribution in [0.3, 0.4) is 0 Å². The predicted octanol–water partition coefficient (Wildman–Crippen LogP) is -0.0233. The molecule has 88 valence electrons. The van der Waals surface area contributed by atoms with Crippen LogP contribution in [0.15, 0.2) is 24.3 Å².